The first-order valence-electron chi connectivity index (χ1n) is 5.02. The van der Waals surface area contributed by atoms with Gasteiger partial charge < -0.3 is 0 Å². The van der Waals surface area contributed by atoms with Gasteiger partial charge in [-0.1, -0.05) is 28.4 Å². The van der Waals surface area contributed by atoms with Crippen molar-refractivity contribution >= 4 is 34.6 Å². The number of hydrogen-bond donors (Lipinski definition) is 1. The predicted octanol–water partition coefficient (Wildman–Crippen LogP) is 5.24. The lowest BCUT2D eigenvalue weighted by Gasteiger charge is -2.00. The van der Waals surface area contributed by atoms with Gasteiger partial charge in [-0.25, -0.2) is 4.39 Å². The summed E-state index contributed by atoms with van der Waals surface area (Å²) in [6.07, 6.45) is 0. The first-order valence-corrected chi connectivity index (χ1v) is 5.77. The normalized spacial score (nSPS) is 10.8. The number of rotatable bonds is 3. The fourth-order valence-electron chi connectivity index (χ4n) is 1.27. The largest absolute Gasteiger partial charge is 0.260 e. The second kappa shape index (κ2) is 5.80. The molecule has 0 saturated heterocycles. The molecule has 0 unspecified atom stereocenters. The van der Waals surface area contributed by atoms with Crippen LogP contribution in [0.4, 0.5) is 15.8 Å². The Hall–Kier alpha value is -1.65. The van der Waals surface area contributed by atoms with Crippen LogP contribution in [0, 0.1) is 5.82 Å². The van der Waals surface area contributed by atoms with E-state index in [9.17, 15) is 4.39 Å². The first-order chi connectivity index (χ1) is 8.63. The summed E-state index contributed by atoms with van der Waals surface area (Å²) in [6.45, 7) is 0. The molecule has 0 amide bonds. The second-order valence-corrected chi connectivity index (χ2v) is 4.32. The van der Waals surface area contributed by atoms with Crippen LogP contribution in [0.1, 0.15) is 0 Å². The van der Waals surface area contributed by atoms with Crippen molar-refractivity contribution in [2.45, 2.75) is 0 Å². The smallest absolute Gasteiger partial charge is 0.123 e. The molecule has 0 aliphatic rings. The summed E-state index contributed by atoms with van der Waals surface area (Å²) in [4.78, 5) is 0. The fourth-order valence-corrected chi connectivity index (χ4v) is 1.79. The van der Waals surface area contributed by atoms with Gasteiger partial charge >= 0.3 is 0 Å². The number of halogens is 3. The van der Waals surface area contributed by atoms with Gasteiger partial charge in [0.05, 0.1) is 11.4 Å². The Bertz CT molecular complexity index is 550. The molecule has 0 aromatic heterocycles. The highest BCUT2D eigenvalue weighted by Gasteiger charge is 1.96. The molecular weight excluding hydrogens is 276 g/mol. The molecule has 0 fully saturated rings. The van der Waals surface area contributed by atoms with E-state index in [-0.39, 0.29) is 5.82 Å². The monoisotopic (exact) mass is 283 g/mol. The van der Waals surface area contributed by atoms with Crippen LogP contribution in [0.3, 0.4) is 0 Å². The van der Waals surface area contributed by atoms with Crippen LogP contribution in [0.2, 0.25) is 10.0 Å². The zero-order valence-electron chi connectivity index (χ0n) is 9.07. The van der Waals surface area contributed by atoms with Crippen molar-refractivity contribution in [3.05, 3.63) is 58.3 Å². The van der Waals surface area contributed by atoms with E-state index in [1.807, 2.05) is 0 Å². The summed E-state index contributed by atoms with van der Waals surface area (Å²) >= 11 is 11.7. The minimum absolute atomic E-state index is 0.316. The molecular formula is C12H8Cl2FN3. The number of nitrogens with one attached hydrogen (secondary N) is 1. The summed E-state index contributed by atoms with van der Waals surface area (Å²) in [5.74, 6) is -0.316. The Kier molecular flexibility index (Phi) is 4.12. The van der Waals surface area contributed by atoms with E-state index in [1.165, 1.54) is 24.3 Å². The summed E-state index contributed by atoms with van der Waals surface area (Å²) in [5.41, 5.74) is 3.85. The molecule has 0 heterocycles. The molecule has 92 valence electrons. The standard InChI is InChI=1S/C12H8Cl2FN3/c13-8-5-9(14)7-12(6-8)17-18-16-11-3-1-10(15)2-4-11/h1-7H,(H,16,17). The Morgan fingerprint density at radius 1 is 0.944 bits per heavy atom. The van der Waals surface area contributed by atoms with Crippen LogP contribution in [0.5, 0.6) is 0 Å². The van der Waals surface area contributed by atoms with Crippen LogP contribution in [0.15, 0.2) is 52.8 Å². The van der Waals surface area contributed by atoms with Gasteiger partial charge in [-0.05, 0) is 42.5 Å². The van der Waals surface area contributed by atoms with Crippen molar-refractivity contribution < 1.29 is 4.39 Å². The second-order valence-electron chi connectivity index (χ2n) is 3.45. The van der Waals surface area contributed by atoms with Gasteiger partial charge in [0.1, 0.15) is 5.82 Å². The van der Waals surface area contributed by atoms with E-state index in [4.69, 9.17) is 23.2 Å². The number of benzene rings is 2. The highest BCUT2D eigenvalue weighted by atomic mass is 35.5. The van der Waals surface area contributed by atoms with Crippen LogP contribution >= 0.6 is 23.2 Å². The molecule has 0 atom stereocenters. The van der Waals surface area contributed by atoms with Gasteiger partial charge in [-0.15, -0.1) is 5.11 Å². The third-order valence-corrected chi connectivity index (χ3v) is 2.47. The Morgan fingerprint density at radius 3 is 2.17 bits per heavy atom. The Balaban J connectivity index is 2.04. The average molecular weight is 284 g/mol. The summed E-state index contributed by atoms with van der Waals surface area (Å²) in [7, 11) is 0. The van der Waals surface area contributed by atoms with Crippen LogP contribution < -0.4 is 5.43 Å². The summed E-state index contributed by atoms with van der Waals surface area (Å²) in [6, 6.07) is 10.6. The maximum atomic E-state index is 12.6. The minimum atomic E-state index is -0.316. The van der Waals surface area contributed by atoms with Gasteiger partial charge in [0.2, 0.25) is 0 Å². The van der Waals surface area contributed by atoms with Gasteiger partial charge in [0.25, 0.3) is 0 Å². The highest BCUT2D eigenvalue weighted by Crippen LogP contribution is 2.22. The molecule has 2 aromatic carbocycles. The SMILES string of the molecule is Fc1ccc(N=NNc2cc(Cl)cc(Cl)c2)cc1. The van der Waals surface area contributed by atoms with E-state index in [1.54, 1.807) is 18.2 Å². The lowest BCUT2D eigenvalue weighted by molar-refractivity contribution is 0.628. The molecule has 2 aromatic rings. The lowest BCUT2D eigenvalue weighted by Crippen LogP contribution is -1.86. The van der Waals surface area contributed by atoms with E-state index in [2.05, 4.69) is 15.8 Å². The van der Waals surface area contributed by atoms with Crippen molar-refractivity contribution in [3.8, 4) is 0 Å². The quantitative estimate of drug-likeness (QED) is 0.607. The third kappa shape index (κ3) is 3.68. The van der Waals surface area contributed by atoms with Crippen molar-refractivity contribution in [2.24, 2.45) is 10.3 Å². The predicted molar refractivity (Wildman–Crippen MR) is 71.0 cm³/mol. The topological polar surface area (TPSA) is 36.8 Å². The van der Waals surface area contributed by atoms with Gasteiger partial charge in [0.15, 0.2) is 0 Å². The Morgan fingerprint density at radius 2 is 1.56 bits per heavy atom. The molecule has 0 aliphatic carbocycles. The Labute approximate surface area is 113 Å². The maximum absolute atomic E-state index is 12.6. The molecule has 1 N–H and O–H groups in total. The van der Waals surface area contributed by atoms with E-state index in [0.29, 0.717) is 21.4 Å². The zero-order valence-corrected chi connectivity index (χ0v) is 10.6. The van der Waals surface area contributed by atoms with Gasteiger partial charge in [-0.3, -0.25) is 5.43 Å². The van der Waals surface area contributed by atoms with E-state index >= 15 is 0 Å². The molecule has 0 bridgehead atoms. The minimum Gasteiger partial charge on any atom is -0.260 e. The van der Waals surface area contributed by atoms with Crippen molar-refractivity contribution in [2.75, 3.05) is 5.43 Å². The van der Waals surface area contributed by atoms with Gasteiger partial charge in [0, 0.05) is 10.0 Å². The fraction of sp³-hybridized carbons (Fsp3) is 0. The lowest BCUT2D eigenvalue weighted by atomic mass is 10.3. The van der Waals surface area contributed by atoms with Crippen molar-refractivity contribution in [1.29, 1.82) is 0 Å². The highest BCUT2D eigenvalue weighted by molar-refractivity contribution is 6.35. The number of anilines is 1. The third-order valence-electron chi connectivity index (χ3n) is 2.03. The van der Waals surface area contributed by atoms with Gasteiger partial charge in [-0.2, -0.15) is 0 Å². The molecule has 0 spiro atoms. The number of nitrogens with zero attached hydrogens (tertiary/aromatic N) is 2. The maximum Gasteiger partial charge on any atom is 0.123 e. The zero-order chi connectivity index (χ0) is 13.0. The molecule has 3 nitrogen and oxygen atoms in total. The number of hydrogen-bond acceptors (Lipinski definition) is 2. The first kappa shape index (κ1) is 12.8. The summed E-state index contributed by atoms with van der Waals surface area (Å²) in [5, 5.41) is 8.63. The molecule has 0 aliphatic heterocycles. The average Bonchev–Trinajstić information content (AvgIpc) is 2.30. The molecule has 0 radical (unpaired) electrons. The molecule has 6 heteroatoms. The van der Waals surface area contributed by atoms with E-state index in [0.717, 1.165) is 0 Å². The molecule has 0 saturated carbocycles. The molecule has 18 heavy (non-hydrogen) atoms. The van der Waals surface area contributed by atoms with Crippen LogP contribution in [-0.2, 0) is 0 Å². The van der Waals surface area contributed by atoms with E-state index < -0.39 is 0 Å². The van der Waals surface area contributed by atoms with Crippen LogP contribution in [0.25, 0.3) is 0 Å². The van der Waals surface area contributed by atoms with Crippen molar-refractivity contribution in [1.82, 2.24) is 0 Å². The van der Waals surface area contributed by atoms with Crippen molar-refractivity contribution in [3.63, 3.8) is 0 Å². The summed E-state index contributed by atoms with van der Waals surface area (Å²) < 4.78 is 12.6. The van der Waals surface area contributed by atoms with Crippen LogP contribution in [-0.4, -0.2) is 0 Å². The molecule has 2 rings (SSSR count).